The maximum Gasteiger partial charge on any atom is 0.255 e. The van der Waals surface area contributed by atoms with Gasteiger partial charge in [-0.25, -0.2) is 0 Å². The van der Waals surface area contributed by atoms with Gasteiger partial charge in [0.2, 0.25) is 0 Å². The summed E-state index contributed by atoms with van der Waals surface area (Å²) in [4.78, 5) is 14.4. The van der Waals surface area contributed by atoms with E-state index in [2.05, 4.69) is 6.92 Å². The summed E-state index contributed by atoms with van der Waals surface area (Å²) in [5.74, 6) is 0.541. The van der Waals surface area contributed by atoms with E-state index in [9.17, 15) is 4.79 Å². The Hall–Kier alpha value is -1.22. The van der Waals surface area contributed by atoms with Crippen molar-refractivity contribution in [2.75, 3.05) is 12.8 Å². The molecule has 1 aromatic carbocycles. The number of nitrogens with zero attached hydrogens (tertiary/aromatic N) is 1. The summed E-state index contributed by atoms with van der Waals surface area (Å²) in [7, 11) is 1.88. The molecular formula is C15H21ClN2O. The molecule has 1 aromatic rings. The smallest absolute Gasteiger partial charge is 0.255 e. The summed E-state index contributed by atoms with van der Waals surface area (Å²) < 4.78 is 0. The Morgan fingerprint density at radius 1 is 1.37 bits per heavy atom. The third-order valence-electron chi connectivity index (χ3n) is 4.11. The zero-order chi connectivity index (χ0) is 14.0. The highest BCUT2D eigenvalue weighted by Gasteiger charge is 2.29. The third-order valence-corrected chi connectivity index (χ3v) is 4.42. The van der Waals surface area contributed by atoms with Crippen LogP contribution in [0.2, 0.25) is 5.02 Å². The van der Waals surface area contributed by atoms with Gasteiger partial charge < -0.3 is 10.6 Å². The lowest BCUT2D eigenvalue weighted by molar-refractivity contribution is 0.0629. The Labute approximate surface area is 119 Å². The van der Waals surface area contributed by atoms with Gasteiger partial charge in [-0.3, -0.25) is 4.79 Å². The zero-order valence-electron chi connectivity index (χ0n) is 11.5. The van der Waals surface area contributed by atoms with E-state index < -0.39 is 0 Å². The Kier molecular flexibility index (Phi) is 4.35. The van der Waals surface area contributed by atoms with Crippen LogP contribution in [0.4, 0.5) is 5.69 Å². The normalized spacial score (nSPS) is 23.1. The first kappa shape index (κ1) is 14.2. The van der Waals surface area contributed by atoms with E-state index in [-0.39, 0.29) is 5.91 Å². The van der Waals surface area contributed by atoms with E-state index in [1.807, 2.05) is 11.9 Å². The predicted molar refractivity (Wildman–Crippen MR) is 79.4 cm³/mol. The molecule has 0 saturated heterocycles. The van der Waals surface area contributed by atoms with Crippen molar-refractivity contribution >= 4 is 23.2 Å². The van der Waals surface area contributed by atoms with Gasteiger partial charge in [0.05, 0.1) is 10.6 Å². The number of hydrogen-bond donors (Lipinski definition) is 1. The zero-order valence-corrected chi connectivity index (χ0v) is 12.3. The van der Waals surface area contributed by atoms with Gasteiger partial charge >= 0.3 is 0 Å². The lowest BCUT2D eigenvalue weighted by Gasteiger charge is -2.36. The van der Waals surface area contributed by atoms with Crippen LogP contribution in [0.25, 0.3) is 0 Å². The highest BCUT2D eigenvalue weighted by atomic mass is 35.5. The maximum absolute atomic E-state index is 12.5. The van der Waals surface area contributed by atoms with Crippen LogP contribution in [0.3, 0.4) is 0 Å². The van der Waals surface area contributed by atoms with E-state index in [0.717, 1.165) is 6.42 Å². The summed E-state index contributed by atoms with van der Waals surface area (Å²) in [5, 5.41) is 0.431. The van der Waals surface area contributed by atoms with Gasteiger partial charge in [-0.05, 0) is 37.0 Å². The Bertz CT molecular complexity index is 475. The second-order valence-electron chi connectivity index (χ2n) is 5.48. The second kappa shape index (κ2) is 5.83. The monoisotopic (exact) mass is 280 g/mol. The first-order chi connectivity index (χ1) is 9.00. The molecule has 0 aliphatic heterocycles. The fraction of sp³-hybridized carbons (Fsp3) is 0.533. The highest BCUT2D eigenvalue weighted by molar-refractivity contribution is 6.34. The minimum Gasteiger partial charge on any atom is -0.399 e. The average molecular weight is 281 g/mol. The molecule has 0 heterocycles. The first-order valence-electron chi connectivity index (χ1n) is 6.83. The molecule has 0 radical (unpaired) electrons. The standard InChI is InChI=1S/C15H21ClN2O/c1-10-5-3-4-6-14(10)18(2)15(19)12-8-7-11(17)9-13(12)16/h7-10,14H,3-6,17H2,1-2H3. The molecule has 1 aliphatic carbocycles. The number of amides is 1. The third kappa shape index (κ3) is 3.03. The van der Waals surface area contributed by atoms with Crippen LogP contribution in [-0.2, 0) is 0 Å². The van der Waals surface area contributed by atoms with Crippen molar-refractivity contribution in [2.45, 2.75) is 38.6 Å². The molecule has 1 fully saturated rings. The minimum absolute atomic E-state index is 0.0104. The molecule has 2 rings (SSSR count). The van der Waals surface area contributed by atoms with Crippen molar-refractivity contribution in [3.8, 4) is 0 Å². The van der Waals surface area contributed by atoms with Crippen LogP contribution in [0.15, 0.2) is 18.2 Å². The molecule has 2 atom stereocenters. The van der Waals surface area contributed by atoms with Crippen LogP contribution in [0, 0.1) is 5.92 Å². The lowest BCUT2D eigenvalue weighted by atomic mass is 9.85. The summed E-state index contributed by atoms with van der Waals surface area (Å²) in [6.45, 7) is 2.22. The summed E-state index contributed by atoms with van der Waals surface area (Å²) in [6.07, 6.45) is 4.73. The van der Waals surface area contributed by atoms with Crippen molar-refractivity contribution in [2.24, 2.45) is 5.92 Å². The van der Waals surface area contributed by atoms with Crippen molar-refractivity contribution in [3.05, 3.63) is 28.8 Å². The number of halogens is 1. The molecule has 0 spiro atoms. The molecular weight excluding hydrogens is 260 g/mol. The van der Waals surface area contributed by atoms with Gasteiger partial charge in [0.15, 0.2) is 0 Å². The molecule has 19 heavy (non-hydrogen) atoms. The van der Waals surface area contributed by atoms with E-state index >= 15 is 0 Å². The molecule has 104 valence electrons. The summed E-state index contributed by atoms with van der Waals surface area (Å²) in [5.41, 5.74) is 6.78. The van der Waals surface area contributed by atoms with Gasteiger partial charge in [-0.15, -0.1) is 0 Å². The van der Waals surface area contributed by atoms with Gasteiger partial charge in [0.25, 0.3) is 5.91 Å². The van der Waals surface area contributed by atoms with Gasteiger partial charge in [0, 0.05) is 18.8 Å². The van der Waals surface area contributed by atoms with E-state index in [1.54, 1.807) is 18.2 Å². The average Bonchev–Trinajstić information content (AvgIpc) is 2.38. The molecule has 0 aromatic heterocycles. The fourth-order valence-corrected chi connectivity index (χ4v) is 3.19. The van der Waals surface area contributed by atoms with Crippen molar-refractivity contribution < 1.29 is 4.79 Å². The van der Waals surface area contributed by atoms with Crippen molar-refractivity contribution in [3.63, 3.8) is 0 Å². The van der Waals surface area contributed by atoms with Gasteiger partial charge in [0.1, 0.15) is 0 Å². The molecule has 1 saturated carbocycles. The van der Waals surface area contributed by atoms with Crippen molar-refractivity contribution in [1.82, 2.24) is 4.90 Å². The number of rotatable bonds is 2. The number of carbonyl (C=O) groups is 1. The van der Waals surface area contributed by atoms with Gasteiger partial charge in [-0.2, -0.15) is 0 Å². The Morgan fingerprint density at radius 3 is 2.68 bits per heavy atom. The second-order valence-corrected chi connectivity index (χ2v) is 5.89. The Morgan fingerprint density at radius 2 is 2.05 bits per heavy atom. The van der Waals surface area contributed by atoms with Crippen LogP contribution in [-0.4, -0.2) is 23.9 Å². The molecule has 3 nitrogen and oxygen atoms in total. The van der Waals surface area contributed by atoms with Gasteiger partial charge in [-0.1, -0.05) is 31.4 Å². The molecule has 2 N–H and O–H groups in total. The predicted octanol–water partition coefficient (Wildman–Crippen LogP) is 3.57. The molecule has 1 aliphatic rings. The lowest BCUT2D eigenvalue weighted by Crippen LogP contribution is -2.42. The van der Waals surface area contributed by atoms with Crippen molar-refractivity contribution in [1.29, 1.82) is 0 Å². The number of hydrogen-bond acceptors (Lipinski definition) is 2. The maximum atomic E-state index is 12.5. The quantitative estimate of drug-likeness (QED) is 0.842. The number of anilines is 1. The highest BCUT2D eigenvalue weighted by Crippen LogP contribution is 2.29. The number of nitrogens with two attached hydrogens (primary N) is 1. The topological polar surface area (TPSA) is 46.3 Å². The van der Waals surface area contributed by atoms with E-state index in [1.165, 1.54) is 19.3 Å². The molecule has 2 unspecified atom stereocenters. The largest absolute Gasteiger partial charge is 0.399 e. The fourth-order valence-electron chi connectivity index (χ4n) is 2.92. The summed E-state index contributed by atoms with van der Waals surface area (Å²) in [6, 6.07) is 5.38. The van der Waals surface area contributed by atoms with Crippen LogP contribution < -0.4 is 5.73 Å². The molecule has 4 heteroatoms. The Balaban J connectivity index is 2.18. The number of carbonyl (C=O) groups excluding carboxylic acids is 1. The van der Waals surface area contributed by atoms with Crippen LogP contribution >= 0.6 is 11.6 Å². The molecule has 0 bridgehead atoms. The van der Waals surface area contributed by atoms with Crippen LogP contribution in [0.5, 0.6) is 0 Å². The van der Waals surface area contributed by atoms with Crippen LogP contribution in [0.1, 0.15) is 43.0 Å². The SMILES string of the molecule is CC1CCCCC1N(C)C(=O)c1ccc(N)cc1Cl. The number of nitrogen functional groups attached to an aromatic ring is 1. The first-order valence-corrected chi connectivity index (χ1v) is 7.20. The molecule has 1 amide bonds. The number of benzene rings is 1. The van der Waals surface area contributed by atoms with E-state index in [0.29, 0.717) is 28.2 Å². The minimum atomic E-state index is -0.0104. The van der Waals surface area contributed by atoms with E-state index in [4.69, 9.17) is 17.3 Å². The summed E-state index contributed by atoms with van der Waals surface area (Å²) >= 11 is 6.12.